The lowest BCUT2D eigenvalue weighted by Gasteiger charge is -2.04. The van der Waals surface area contributed by atoms with Gasteiger partial charge in [-0.05, 0) is 13.8 Å². The van der Waals surface area contributed by atoms with Crippen LogP contribution in [-0.4, -0.2) is 30.2 Å². The molecule has 0 saturated heterocycles. The first kappa shape index (κ1) is 13.7. The number of nitrogens with zero attached hydrogens (tertiary/aromatic N) is 2. The van der Waals surface area contributed by atoms with Gasteiger partial charge in [0.2, 0.25) is 0 Å². The van der Waals surface area contributed by atoms with Gasteiger partial charge in [0.15, 0.2) is 6.61 Å². The smallest absolute Gasteiger partial charge is 0.344 e. The number of nitrogens with one attached hydrogen (secondary N) is 1. The third-order valence-corrected chi connectivity index (χ3v) is 2.13. The third kappa shape index (κ3) is 3.59. The first-order valence-corrected chi connectivity index (χ1v) is 5.30. The van der Waals surface area contributed by atoms with Crippen LogP contribution in [0.5, 0.6) is 0 Å². The lowest BCUT2D eigenvalue weighted by molar-refractivity contribution is -0.124. The average Bonchev–Trinajstić information content (AvgIpc) is 2.66. The minimum absolute atomic E-state index is 0.212. The molecular formula is C11H13N3O4. The van der Waals surface area contributed by atoms with Gasteiger partial charge >= 0.3 is 5.97 Å². The zero-order valence-corrected chi connectivity index (χ0v) is 10.1. The molecule has 0 aromatic carbocycles. The van der Waals surface area contributed by atoms with Gasteiger partial charge in [-0.25, -0.2) is 4.79 Å². The number of aromatic nitrogens is 1. The summed E-state index contributed by atoms with van der Waals surface area (Å²) in [7, 11) is 0. The molecule has 1 heterocycles. The third-order valence-electron chi connectivity index (χ3n) is 2.13. The maximum absolute atomic E-state index is 11.6. The second kappa shape index (κ2) is 6.39. The van der Waals surface area contributed by atoms with Gasteiger partial charge < -0.3 is 14.6 Å². The predicted octanol–water partition coefficient (Wildman–Crippen LogP) is 0.478. The Hall–Kier alpha value is -2.36. The van der Waals surface area contributed by atoms with E-state index < -0.39 is 18.5 Å². The van der Waals surface area contributed by atoms with E-state index in [1.165, 1.54) is 0 Å². The zero-order valence-electron chi connectivity index (χ0n) is 10.1. The summed E-state index contributed by atoms with van der Waals surface area (Å²) in [5.74, 6) is -0.755. The van der Waals surface area contributed by atoms with Crippen molar-refractivity contribution in [3.63, 3.8) is 0 Å². The molecule has 0 aliphatic rings. The summed E-state index contributed by atoms with van der Waals surface area (Å²) in [4.78, 5) is 22.9. The summed E-state index contributed by atoms with van der Waals surface area (Å²) in [5, 5.41) is 14.3. The molecular weight excluding hydrogens is 238 g/mol. The van der Waals surface area contributed by atoms with Gasteiger partial charge in [-0.2, -0.15) is 5.26 Å². The van der Waals surface area contributed by atoms with Crippen LogP contribution in [0.15, 0.2) is 4.52 Å². The average molecular weight is 251 g/mol. The number of ether oxygens (including phenoxy) is 1. The zero-order chi connectivity index (χ0) is 13.5. The van der Waals surface area contributed by atoms with Gasteiger partial charge in [-0.15, -0.1) is 0 Å². The first-order valence-electron chi connectivity index (χ1n) is 5.30. The van der Waals surface area contributed by atoms with Crippen molar-refractivity contribution >= 4 is 11.9 Å². The standard InChI is InChI=1S/C11H13N3O4/c1-7-10(8(2)18-14-7)11(16)17-6-9(15)13-5-3-4-12/h3,5-6H2,1-2H3,(H,13,15). The monoisotopic (exact) mass is 251 g/mol. The lowest BCUT2D eigenvalue weighted by atomic mass is 10.2. The van der Waals surface area contributed by atoms with Crippen LogP contribution < -0.4 is 5.32 Å². The van der Waals surface area contributed by atoms with E-state index in [0.717, 1.165) is 0 Å². The topological polar surface area (TPSA) is 105 Å². The molecule has 0 saturated carbocycles. The van der Waals surface area contributed by atoms with Crippen molar-refractivity contribution in [2.75, 3.05) is 13.2 Å². The maximum atomic E-state index is 11.6. The van der Waals surface area contributed by atoms with E-state index >= 15 is 0 Å². The van der Waals surface area contributed by atoms with Crippen molar-refractivity contribution in [1.29, 1.82) is 5.26 Å². The Labute approximate surface area is 104 Å². The van der Waals surface area contributed by atoms with Crippen LogP contribution in [0.1, 0.15) is 28.2 Å². The maximum Gasteiger partial charge on any atom is 0.344 e. The number of amides is 1. The first-order chi connectivity index (χ1) is 8.56. The van der Waals surface area contributed by atoms with E-state index in [2.05, 4.69) is 10.5 Å². The Morgan fingerprint density at radius 3 is 2.78 bits per heavy atom. The van der Waals surface area contributed by atoms with Gasteiger partial charge in [0.25, 0.3) is 5.91 Å². The summed E-state index contributed by atoms with van der Waals surface area (Å²) in [6.45, 7) is 3.04. The van der Waals surface area contributed by atoms with Crippen LogP contribution in [-0.2, 0) is 9.53 Å². The molecule has 0 spiro atoms. The summed E-state index contributed by atoms with van der Waals surface area (Å²) in [6.07, 6.45) is 0.212. The number of nitriles is 1. The summed E-state index contributed by atoms with van der Waals surface area (Å²) in [5.41, 5.74) is 0.655. The van der Waals surface area contributed by atoms with Crippen molar-refractivity contribution in [1.82, 2.24) is 10.5 Å². The highest BCUT2D eigenvalue weighted by atomic mass is 16.5. The molecule has 0 aliphatic heterocycles. The Bertz CT molecular complexity index is 467. The summed E-state index contributed by atoms with van der Waals surface area (Å²) in [6, 6.07) is 1.88. The molecule has 1 aromatic heterocycles. The highest BCUT2D eigenvalue weighted by Crippen LogP contribution is 2.13. The number of esters is 1. The normalized spacial score (nSPS) is 9.61. The SMILES string of the molecule is Cc1noc(C)c1C(=O)OCC(=O)NCCC#N. The number of carbonyl (C=O) groups excluding carboxylic acids is 2. The van der Waals surface area contributed by atoms with Crippen molar-refractivity contribution in [3.8, 4) is 6.07 Å². The Morgan fingerprint density at radius 2 is 2.22 bits per heavy atom. The van der Waals surface area contributed by atoms with E-state index in [4.69, 9.17) is 14.5 Å². The minimum Gasteiger partial charge on any atom is -0.452 e. The van der Waals surface area contributed by atoms with Crippen LogP contribution in [0.4, 0.5) is 0 Å². The molecule has 7 heteroatoms. The molecule has 1 rings (SSSR count). The Morgan fingerprint density at radius 1 is 1.50 bits per heavy atom. The molecule has 1 aromatic rings. The fourth-order valence-electron chi connectivity index (χ4n) is 1.29. The molecule has 0 unspecified atom stereocenters. The summed E-state index contributed by atoms with van der Waals surface area (Å²) >= 11 is 0. The summed E-state index contributed by atoms with van der Waals surface area (Å²) < 4.78 is 9.62. The molecule has 1 amide bonds. The second-order valence-electron chi connectivity index (χ2n) is 3.53. The van der Waals surface area contributed by atoms with E-state index in [9.17, 15) is 9.59 Å². The van der Waals surface area contributed by atoms with Gasteiger partial charge in [-0.3, -0.25) is 4.79 Å². The minimum atomic E-state index is -0.651. The van der Waals surface area contributed by atoms with Gasteiger partial charge in [0.1, 0.15) is 11.3 Å². The molecule has 0 radical (unpaired) electrons. The van der Waals surface area contributed by atoms with E-state index in [-0.39, 0.29) is 18.5 Å². The molecule has 96 valence electrons. The van der Waals surface area contributed by atoms with Crippen LogP contribution in [0, 0.1) is 25.2 Å². The van der Waals surface area contributed by atoms with Gasteiger partial charge in [-0.1, -0.05) is 5.16 Å². The second-order valence-corrected chi connectivity index (χ2v) is 3.53. The number of hydrogen-bond acceptors (Lipinski definition) is 6. The van der Waals surface area contributed by atoms with E-state index in [0.29, 0.717) is 11.5 Å². The van der Waals surface area contributed by atoms with Gasteiger partial charge in [0, 0.05) is 6.54 Å². The van der Waals surface area contributed by atoms with Crippen molar-refractivity contribution in [2.24, 2.45) is 0 Å². The molecule has 0 bridgehead atoms. The predicted molar refractivity (Wildman–Crippen MR) is 59.5 cm³/mol. The highest BCUT2D eigenvalue weighted by Gasteiger charge is 2.19. The van der Waals surface area contributed by atoms with Crippen molar-refractivity contribution < 1.29 is 18.8 Å². The van der Waals surface area contributed by atoms with E-state index in [1.807, 2.05) is 6.07 Å². The fraction of sp³-hybridized carbons (Fsp3) is 0.455. The molecule has 0 fully saturated rings. The molecule has 0 atom stereocenters. The lowest BCUT2D eigenvalue weighted by Crippen LogP contribution is -2.29. The molecule has 1 N–H and O–H groups in total. The number of hydrogen-bond donors (Lipinski definition) is 1. The Kier molecular flexibility index (Phi) is 4.87. The largest absolute Gasteiger partial charge is 0.452 e. The molecule has 7 nitrogen and oxygen atoms in total. The Balaban J connectivity index is 2.43. The van der Waals surface area contributed by atoms with Gasteiger partial charge in [0.05, 0.1) is 18.2 Å². The number of rotatable bonds is 5. The quantitative estimate of drug-likeness (QED) is 0.602. The van der Waals surface area contributed by atoms with Crippen LogP contribution in [0.25, 0.3) is 0 Å². The number of aryl methyl sites for hydroxylation is 2. The van der Waals surface area contributed by atoms with Crippen LogP contribution in [0.2, 0.25) is 0 Å². The fourth-order valence-corrected chi connectivity index (χ4v) is 1.29. The highest BCUT2D eigenvalue weighted by molar-refractivity contribution is 5.93. The van der Waals surface area contributed by atoms with Crippen molar-refractivity contribution in [2.45, 2.75) is 20.3 Å². The van der Waals surface area contributed by atoms with E-state index in [1.54, 1.807) is 13.8 Å². The molecule has 0 aliphatic carbocycles. The van der Waals surface area contributed by atoms with Crippen LogP contribution in [0.3, 0.4) is 0 Å². The number of carbonyl (C=O) groups is 2. The molecule has 18 heavy (non-hydrogen) atoms. The van der Waals surface area contributed by atoms with Crippen LogP contribution >= 0.6 is 0 Å². The van der Waals surface area contributed by atoms with Crippen molar-refractivity contribution in [3.05, 3.63) is 17.0 Å².